The van der Waals surface area contributed by atoms with Gasteiger partial charge in [-0.3, -0.25) is 10.1 Å². The van der Waals surface area contributed by atoms with Crippen LogP contribution >= 0.6 is 0 Å². The summed E-state index contributed by atoms with van der Waals surface area (Å²) in [5.74, 6) is 1.28. The molecule has 0 saturated carbocycles. The number of ether oxygens (including phenoxy) is 2. The van der Waals surface area contributed by atoms with Crippen LogP contribution < -0.4 is 9.47 Å². The third-order valence-electron chi connectivity index (χ3n) is 4.33. The summed E-state index contributed by atoms with van der Waals surface area (Å²) in [4.78, 5) is 9.90. The molecule has 0 aliphatic heterocycles. The van der Waals surface area contributed by atoms with Crippen molar-refractivity contribution < 1.29 is 14.4 Å². The van der Waals surface area contributed by atoms with Crippen molar-refractivity contribution in [2.75, 3.05) is 13.7 Å². The Kier molecular flexibility index (Phi) is 12.0. The molecule has 0 saturated heterocycles. The average molecular weight is 363 g/mol. The Morgan fingerprint density at radius 2 is 1.58 bits per heavy atom. The summed E-state index contributed by atoms with van der Waals surface area (Å²) in [6.07, 6.45) is 15.3. The monoisotopic (exact) mass is 363 g/mol. The van der Waals surface area contributed by atoms with Crippen LogP contribution in [0, 0.1) is 10.1 Å². The Morgan fingerprint density at radius 3 is 2.15 bits per heavy atom. The molecule has 0 aromatic heterocycles. The van der Waals surface area contributed by atoms with Gasteiger partial charge in [-0.25, -0.2) is 0 Å². The highest BCUT2D eigenvalue weighted by atomic mass is 16.6. The minimum Gasteiger partial charge on any atom is -0.493 e. The Balaban J connectivity index is 2.19. The molecule has 0 bridgehead atoms. The van der Waals surface area contributed by atoms with E-state index in [1.165, 1.54) is 63.9 Å². The minimum atomic E-state index is -0.484. The van der Waals surface area contributed by atoms with Gasteiger partial charge in [0.25, 0.3) is 0 Å². The van der Waals surface area contributed by atoms with Crippen molar-refractivity contribution in [3.8, 4) is 11.5 Å². The highest BCUT2D eigenvalue weighted by molar-refractivity contribution is 5.55. The van der Waals surface area contributed by atoms with E-state index in [2.05, 4.69) is 6.92 Å². The van der Waals surface area contributed by atoms with E-state index in [4.69, 9.17) is 9.47 Å². The van der Waals surface area contributed by atoms with Crippen LogP contribution in [-0.2, 0) is 0 Å². The fraction of sp³-hybridized carbons (Fsp3) is 0.619. The van der Waals surface area contributed by atoms with Gasteiger partial charge in [0.2, 0.25) is 6.20 Å². The fourth-order valence-electron chi connectivity index (χ4n) is 2.83. The summed E-state index contributed by atoms with van der Waals surface area (Å²) < 4.78 is 11.1. The van der Waals surface area contributed by atoms with Crippen LogP contribution in [0.4, 0.5) is 0 Å². The van der Waals surface area contributed by atoms with Crippen molar-refractivity contribution in [2.45, 2.75) is 71.1 Å². The number of benzene rings is 1. The van der Waals surface area contributed by atoms with Crippen LogP contribution in [0.2, 0.25) is 0 Å². The molecular weight excluding hydrogens is 330 g/mol. The summed E-state index contributed by atoms with van der Waals surface area (Å²) in [5, 5.41) is 10.4. The molecule has 0 amide bonds. The Morgan fingerprint density at radius 1 is 0.962 bits per heavy atom. The number of nitrogens with zero attached hydrogens (tertiary/aromatic N) is 1. The summed E-state index contributed by atoms with van der Waals surface area (Å²) in [6, 6.07) is 5.33. The molecule has 146 valence electrons. The summed E-state index contributed by atoms with van der Waals surface area (Å²) in [6.45, 7) is 2.91. The smallest absolute Gasteiger partial charge is 0.235 e. The van der Waals surface area contributed by atoms with Gasteiger partial charge in [-0.05, 0) is 24.1 Å². The maximum absolute atomic E-state index is 10.4. The van der Waals surface area contributed by atoms with Gasteiger partial charge in [0.05, 0.1) is 18.6 Å². The Labute approximate surface area is 157 Å². The second kappa shape index (κ2) is 14.2. The zero-order valence-corrected chi connectivity index (χ0v) is 16.2. The molecule has 0 aliphatic rings. The largest absolute Gasteiger partial charge is 0.493 e. The van der Waals surface area contributed by atoms with Crippen LogP contribution in [-0.4, -0.2) is 18.6 Å². The fourth-order valence-corrected chi connectivity index (χ4v) is 2.83. The lowest BCUT2D eigenvalue weighted by atomic mass is 10.1. The highest BCUT2D eigenvalue weighted by Gasteiger charge is 2.05. The number of hydrogen-bond donors (Lipinski definition) is 0. The van der Waals surface area contributed by atoms with Crippen LogP contribution in [0.5, 0.6) is 11.5 Å². The second-order valence-corrected chi connectivity index (χ2v) is 6.54. The molecule has 0 fully saturated rings. The van der Waals surface area contributed by atoms with Crippen molar-refractivity contribution in [2.24, 2.45) is 0 Å². The lowest BCUT2D eigenvalue weighted by molar-refractivity contribution is -0.400. The van der Waals surface area contributed by atoms with Crippen LogP contribution in [0.3, 0.4) is 0 Å². The predicted molar refractivity (Wildman–Crippen MR) is 106 cm³/mol. The zero-order valence-electron chi connectivity index (χ0n) is 16.2. The zero-order chi connectivity index (χ0) is 19.0. The van der Waals surface area contributed by atoms with E-state index < -0.39 is 4.92 Å². The molecule has 0 unspecified atom stereocenters. The standard InChI is InChI=1S/C21H33NO4/c1-3-4-5-6-7-8-9-10-11-12-17-26-20-14-13-19(15-16-22(23)24)18-21(20)25-2/h13-16,18H,3-12,17H2,1-2H3/b16-15+. The topological polar surface area (TPSA) is 61.6 Å². The van der Waals surface area contributed by atoms with Crippen molar-refractivity contribution in [1.29, 1.82) is 0 Å². The predicted octanol–water partition coefficient (Wildman–Crippen LogP) is 6.24. The molecule has 0 heterocycles. The molecule has 0 atom stereocenters. The van der Waals surface area contributed by atoms with E-state index in [-0.39, 0.29) is 0 Å². The van der Waals surface area contributed by atoms with Crippen molar-refractivity contribution in [1.82, 2.24) is 0 Å². The van der Waals surface area contributed by atoms with Gasteiger partial charge in [0.1, 0.15) is 0 Å². The molecule has 1 rings (SSSR count). The first-order valence-electron chi connectivity index (χ1n) is 9.80. The van der Waals surface area contributed by atoms with Crippen LogP contribution in [0.1, 0.15) is 76.7 Å². The van der Waals surface area contributed by atoms with Crippen LogP contribution in [0.15, 0.2) is 24.4 Å². The number of nitro groups is 1. The number of rotatable bonds is 15. The molecule has 5 heteroatoms. The molecule has 1 aromatic carbocycles. The van der Waals surface area contributed by atoms with Crippen molar-refractivity contribution in [3.05, 3.63) is 40.1 Å². The molecule has 5 nitrogen and oxygen atoms in total. The van der Waals surface area contributed by atoms with Crippen molar-refractivity contribution in [3.63, 3.8) is 0 Å². The first-order valence-corrected chi connectivity index (χ1v) is 9.80. The SMILES string of the molecule is CCCCCCCCCCCCOc1ccc(/C=C/[N+](=O)[O-])cc1OC. The normalized spacial score (nSPS) is 11.0. The molecule has 0 radical (unpaired) electrons. The van der Waals surface area contributed by atoms with Gasteiger partial charge in [0, 0.05) is 6.08 Å². The third kappa shape index (κ3) is 10.1. The molecule has 0 aliphatic carbocycles. The summed E-state index contributed by atoms with van der Waals surface area (Å²) in [7, 11) is 1.57. The molecule has 0 N–H and O–H groups in total. The van der Waals surface area contributed by atoms with Crippen molar-refractivity contribution >= 4 is 6.08 Å². The van der Waals surface area contributed by atoms with E-state index in [0.29, 0.717) is 23.7 Å². The van der Waals surface area contributed by atoms with Gasteiger partial charge in [-0.1, -0.05) is 70.8 Å². The lowest BCUT2D eigenvalue weighted by Gasteiger charge is -2.11. The maximum atomic E-state index is 10.4. The number of hydrogen-bond acceptors (Lipinski definition) is 4. The molecule has 1 aromatic rings. The van der Waals surface area contributed by atoms with Gasteiger partial charge in [-0.15, -0.1) is 0 Å². The van der Waals surface area contributed by atoms with E-state index in [1.54, 1.807) is 25.3 Å². The summed E-state index contributed by atoms with van der Waals surface area (Å²) in [5.41, 5.74) is 0.713. The van der Waals surface area contributed by atoms with Gasteiger partial charge in [-0.2, -0.15) is 0 Å². The molecular formula is C21H33NO4. The first-order chi connectivity index (χ1) is 12.7. The number of unbranched alkanes of at least 4 members (excludes halogenated alkanes) is 9. The van der Waals surface area contributed by atoms with E-state index in [1.807, 2.05) is 0 Å². The van der Waals surface area contributed by atoms with E-state index in [0.717, 1.165) is 12.6 Å². The Bertz CT molecular complexity index is 543. The van der Waals surface area contributed by atoms with Gasteiger partial charge in [0.15, 0.2) is 11.5 Å². The average Bonchev–Trinajstić information content (AvgIpc) is 2.64. The second-order valence-electron chi connectivity index (χ2n) is 6.54. The minimum absolute atomic E-state index is 0.484. The lowest BCUT2D eigenvalue weighted by Crippen LogP contribution is -1.99. The Hall–Kier alpha value is -2.04. The molecule has 26 heavy (non-hydrogen) atoms. The number of methoxy groups -OCH3 is 1. The van der Waals surface area contributed by atoms with E-state index in [9.17, 15) is 10.1 Å². The van der Waals surface area contributed by atoms with E-state index >= 15 is 0 Å². The first kappa shape index (κ1) is 22.0. The van der Waals surface area contributed by atoms with Crippen LogP contribution in [0.25, 0.3) is 6.08 Å². The maximum Gasteiger partial charge on any atom is 0.235 e. The quantitative estimate of drug-likeness (QED) is 0.210. The van der Waals surface area contributed by atoms with Gasteiger partial charge >= 0.3 is 0 Å². The molecule has 0 spiro atoms. The van der Waals surface area contributed by atoms with Gasteiger partial charge < -0.3 is 9.47 Å². The summed E-state index contributed by atoms with van der Waals surface area (Å²) >= 11 is 0. The highest BCUT2D eigenvalue weighted by Crippen LogP contribution is 2.28. The third-order valence-corrected chi connectivity index (χ3v) is 4.33.